The lowest BCUT2D eigenvalue weighted by atomic mass is 10.0. The number of hydrogen-bond acceptors (Lipinski definition) is 6. The monoisotopic (exact) mass is 415 g/mol. The maximum Gasteiger partial charge on any atom is 0.341 e. The Morgan fingerprint density at radius 2 is 1.63 bits per heavy atom. The maximum atomic E-state index is 10.6. The summed E-state index contributed by atoms with van der Waals surface area (Å²) in [4.78, 5) is 10.6. The van der Waals surface area contributed by atoms with Crippen LogP contribution in [0.5, 0.6) is 17.2 Å². The fraction of sp³-hybridized carbons (Fsp3) is 0.348. The highest BCUT2D eigenvalue weighted by Crippen LogP contribution is 2.21. The normalized spacial score (nSPS) is 12.3. The molecule has 0 aromatic heterocycles. The van der Waals surface area contributed by atoms with Crippen molar-refractivity contribution >= 4 is 11.5 Å². The molecule has 0 heterocycles. The van der Waals surface area contributed by atoms with Crippen LogP contribution in [0.2, 0.25) is 0 Å². The van der Waals surface area contributed by atoms with Crippen LogP contribution in [0.1, 0.15) is 18.9 Å². The molecule has 7 nitrogen and oxygen atoms in total. The van der Waals surface area contributed by atoms with Crippen LogP contribution in [-0.2, 0) is 4.79 Å². The molecule has 2 rings (SSSR count). The first-order chi connectivity index (χ1) is 14.5. The average molecular weight is 415 g/mol. The van der Waals surface area contributed by atoms with Crippen LogP contribution in [-0.4, -0.2) is 55.7 Å². The van der Waals surface area contributed by atoms with Crippen molar-refractivity contribution in [3.63, 3.8) is 0 Å². The number of nitrogens with one attached hydrogen (secondary N) is 1. The lowest BCUT2D eigenvalue weighted by Crippen LogP contribution is -2.32. The lowest BCUT2D eigenvalue weighted by Gasteiger charge is -2.14. The van der Waals surface area contributed by atoms with E-state index >= 15 is 0 Å². The zero-order valence-electron chi connectivity index (χ0n) is 17.3. The molecule has 0 amide bonds. The van der Waals surface area contributed by atoms with E-state index in [-0.39, 0.29) is 13.2 Å². The minimum atomic E-state index is -1.00. The van der Waals surface area contributed by atoms with Crippen molar-refractivity contribution < 1.29 is 29.2 Å². The summed E-state index contributed by atoms with van der Waals surface area (Å²) in [6.07, 6.45) is 2.21. The smallest absolute Gasteiger partial charge is 0.341 e. The number of methoxy groups -OCH3 is 1. The number of aliphatic hydroxyl groups excluding tert-OH is 1. The van der Waals surface area contributed by atoms with Crippen LogP contribution in [0.4, 0.5) is 0 Å². The third-order valence-electron chi connectivity index (χ3n) is 4.39. The van der Waals surface area contributed by atoms with Crippen molar-refractivity contribution in [3.8, 4) is 17.2 Å². The molecule has 0 aliphatic carbocycles. The minimum absolute atomic E-state index is 0.202. The van der Waals surface area contributed by atoms with Gasteiger partial charge in [0.25, 0.3) is 0 Å². The van der Waals surface area contributed by atoms with Gasteiger partial charge in [-0.25, -0.2) is 4.79 Å². The number of rotatable bonds is 13. The highest BCUT2D eigenvalue weighted by atomic mass is 16.5. The molecule has 7 heteroatoms. The Morgan fingerprint density at radius 3 is 2.23 bits per heavy atom. The quantitative estimate of drug-likeness (QED) is 0.433. The van der Waals surface area contributed by atoms with Crippen molar-refractivity contribution in [3.05, 3.63) is 60.2 Å². The van der Waals surface area contributed by atoms with Crippen LogP contribution in [0.15, 0.2) is 54.6 Å². The minimum Gasteiger partial charge on any atom is -0.497 e. The summed E-state index contributed by atoms with van der Waals surface area (Å²) in [6, 6.07) is 14.6. The summed E-state index contributed by atoms with van der Waals surface area (Å²) in [6.45, 7) is 2.95. The van der Waals surface area contributed by atoms with Gasteiger partial charge in [0.2, 0.25) is 0 Å². The van der Waals surface area contributed by atoms with Gasteiger partial charge in [-0.3, -0.25) is 0 Å². The van der Waals surface area contributed by atoms with Crippen molar-refractivity contribution in [1.29, 1.82) is 0 Å². The van der Waals surface area contributed by atoms with Gasteiger partial charge in [0.1, 0.15) is 30.0 Å². The van der Waals surface area contributed by atoms with E-state index < -0.39 is 12.1 Å². The number of allylic oxidation sites excluding steroid dienone is 1. The van der Waals surface area contributed by atoms with Gasteiger partial charge in [-0.15, -0.1) is 0 Å². The number of aliphatic carboxylic acids is 1. The third-order valence-corrected chi connectivity index (χ3v) is 4.39. The predicted octanol–water partition coefficient (Wildman–Crippen LogP) is 2.98. The van der Waals surface area contributed by atoms with Gasteiger partial charge in [-0.05, 0) is 67.4 Å². The average Bonchev–Trinajstić information content (AvgIpc) is 2.77. The molecule has 162 valence electrons. The number of carbonyl (C=O) groups is 1. The van der Waals surface area contributed by atoms with Gasteiger partial charge in [-0.2, -0.15) is 0 Å². The summed E-state index contributed by atoms with van der Waals surface area (Å²) < 4.78 is 15.8. The summed E-state index contributed by atoms with van der Waals surface area (Å²) in [5.41, 5.74) is 2.20. The topological polar surface area (TPSA) is 97.3 Å². The first kappa shape index (κ1) is 23.3. The highest BCUT2D eigenvalue weighted by Gasteiger charge is 2.07. The Hall–Kier alpha value is -3.03. The second kappa shape index (κ2) is 12.5. The molecule has 2 aromatic rings. The van der Waals surface area contributed by atoms with Crippen molar-refractivity contribution in [2.45, 2.75) is 19.4 Å². The fourth-order valence-electron chi connectivity index (χ4n) is 2.78. The standard InChI is InChI=1S/C23H29NO6/c1-3-17(18-4-6-21(7-5-18)30-16-23(26)27)12-13-24-14-19(25)15-29-22-10-8-20(28-2)9-11-22/h3-11,19,24-25H,12-16H2,1-2H3,(H,26,27)/b17-3+. The van der Waals surface area contributed by atoms with Gasteiger partial charge in [0.05, 0.1) is 7.11 Å². The van der Waals surface area contributed by atoms with E-state index in [9.17, 15) is 9.90 Å². The predicted molar refractivity (Wildman–Crippen MR) is 115 cm³/mol. The molecule has 1 atom stereocenters. The molecule has 0 saturated carbocycles. The van der Waals surface area contributed by atoms with E-state index in [1.54, 1.807) is 31.4 Å². The van der Waals surface area contributed by atoms with Crippen LogP contribution in [0.25, 0.3) is 5.57 Å². The second-order valence-electron chi connectivity index (χ2n) is 6.62. The van der Waals surface area contributed by atoms with Crippen molar-refractivity contribution in [1.82, 2.24) is 5.32 Å². The van der Waals surface area contributed by atoms with E-state index in [0.717, 1.165) is 23.3 Å². The maximum absolute atomic E-state index is 10.6. The van der Waals surface area contributed by atoms with Gasteiger partial charge < -0.3 is 29.7 Å². The van der Waals surface area contributed by atoms with Gasteiger partial charge in [-0.1, -0.05) is 18.2 Å². The first-order valence-corrected chi connectivity index (χ1v) is 9.77. The Bertz CT molecular complexity index is 801. The molecule has 2 aromatic carbocycles. The molecule has 3 N–H and O–H groups in total. The molecule has 0 fully saturated rings. The fourth-order valence-corrected chi connectivity index (χ4v) is 2.78. The molecule has 0 radical (unpaired) electrons. The lowest BCUT2D eigenvalue weighted by molar-refractivity contribution is -0.139. The molecule has 0 saturated heterocycles. The Kier molecular flexibility index (Phi) is 9.70. The van der Waals surface area contributed by atoms with Crippen LogP contribution < -0.4 is 19.5 Å². The third kappa shape index (κ3) is 8.14. The van der Waals surface area contributed by atoms with Crippen molar-refractivity contribution in [2.75, 3.05) is 33.4 Å². The number of ether oxygens (including phenoxy) is 3. The van der Waals surface area contributed by atoms with Crippen LogP contribution >= 0.6 is 0 Å². The largest absolute Gasteiger partial charge is 0.497 e. The molecule has 0 spiro atoms. The zero-order chi connectivity index (χ0) is 21.8. The van der Waals surface area contributed by atoms with Crippen LogP contribution in [0, 0.1) is 0 Å². The van der Waals surface area contributed by atoms with Gasteiger partial charge >= 0.3 is 5.97 Å². The van der Waals surface area contributed by atoms with Crippen LogP contribution in [0.3, 0.4) is 0 Å². The summed E-state index contributed by atoms with van der Waals surface area (Å²) >= 11 is 0. The Morgan fingerprint density at radius 1 is 1.03 bits per heavy atom. The van der Waals surface area contributed by atoms with E-state index in [2.05, 4.69) is 5.32 Å². The van der Waals surface area contributed by atoms with Gasteiger partial charge in [0, 0.05) is 6.54 Å². The molecule has 30 heavy (non-hydrogen) atoms. The zero-order valence-corrected chi connectivity index (χ0v) is 17.3. The van der Waals surface area contributed by atoms with Gasteiger partial charge in [0.15, 0.2) is 6.61 Å². The Labute approximate surface area is 176 Å². The molecule has 0 aliphatic rings. The summed E-state index contributed by atoms with van der Waals surface area (Å²) in [5.74, 6) is 0.958. The number of benzene rings is 2. The highest BCUT2D eigenvalue weighted by molar-refractivity contribution is 5.69. The number of carboxylic acids is 1. The summed E-state index contributed by atoms with van der Waals surface area (Å²) in [5, 5.41) is 22.0. The molecular weight excluding hydrogens is 386 g/mol. The number of aliphatic hydroxyl groups is 1. The molecule has 1 unspecified atom stereocenters. The Balaban J connectivity index is 1.69. The summed E-state index contributed by atoms with van der Waals surface area (Å²) in [7, 11) is 1.61. The van der Waals surface area contributed by atoms with E-state index in [0.29, 0.717) is 24.6 Å². The number of carboxylic acid groups (broad SMARTS) is 1. The van der Waals surface area contributed by atoms with E-state index in [1.165, 1.54) is 0 Å². The molecular formula is C23H29NO6. The SMILES string of the molecule is C/C=C(\CCNCC(O)COc1ccc(OC)cc1)c1ccc(OCC(=O)O)cc1. The van der Waals surface area contributed by atoms with E-state index in [4.69, 9.17) is 19.3 Å². The first-order valence-electron chi connectivity index (χ1n) is 9.77. The van der Waals surface area contributed by atoms with E-state index in [1.807, 2.05) is 37.3 Å². The second-order valence-corrected chi connectivity index (χ2v) is 6.62. The molecule has 0 bridgehead atoms. The number of hydrogen-bond donors (Lipinski definition) is 3. The van der Waals surface area contributed by atoms with Crippen molar-refractivity contribution in [2.24, 2.45) is 0 Å². The molecule has 0 aliphatic heterocycles.